The van der Waals surface area contributed by atoms with Gasteiger partial charge in [-0.3, -0.25) is 14.0 Å². The number of aromatic nitrogens is 3. The number of carbonyl (C=O) groups is 1. The molecule has 172 valence electrons. The zero-order chi connectivity index (χ0) is 23.5. The second-order valence-corrected chi connectivity index (χ2v) is 9.13. The van der Waals surface area contributed by atoms with Gasteiger partial charge in [-0.2, -0.15) is 18.2 Å². The Hall–Kier alpha value is -2.82. The van der Waals surface area contributed by atoms with Crippen LogP contribution in [0.4, 0.5) is 0 Å². The van der Waals surface area contributed by atoms with Crippen LogP contribution in [0, 0.1) is 6.92 Å². The molecule has 9 nitrogen and oxygen atoms in total. The molecule has 0 unspecified atom stereocenters. The maximum absolute atomic E-state index is 12.2. The van der Waals surface area contributed by atoms with Crippen molar-refractivity contribution in [2.45, 2.75) is 26.7 Å². The first-order valence-electron chi connectivity index (χ1n) is 10.0. The molecule has 0 fully saturated rings. The van der Waals surface area contributed by atoms with Gasteiger partial charge in [-0.15, -0.1) is 0 Å². The number of nitrogens with one attached hydrogen (secondary N) is 2. The van der Waals surface area contributed by atoms with Crippen molar-refractivity contribution in [3.8, 4) is 11.6 Å². The van der Waals surface area contributed by atoms with Crippen molar-refractivity contribution in [3.63, 3.8) is 0 Å². The minimum atomic E-state index is -3.92. The van der Waals surface area contributed by atoms with Gasteiger partial charge in [-0.25, -0.2) is 4.72 Å². The molecular formula is C21H26ClN5O4S. The lowest BCUT2D eigenvalue weighted by molar-refractivity contribution is -0.114. The molecule has 3 rings (SSSR count). The third-order valence-electron chi connectivity index (χ3n) is 4.89. The number of halogens is 1. The zero-order valence-electron chi connectivity index (χ0n) is 18.3. The van der Waals surface area contributed by atoms with E-state index < -0.39 is 16.1 Å². The molecule has 0 spiro atoms. The van der Waals surface area contributed by atoms with Gasteiger partial charge < -0.3 is 4.74 Å². The van der Waals surface area contributed by atoms with Crippen LogP contribution in [0.3, 0.4) is 0 Å². The van der Waals surface area contributed by atoms with Crippen LogP contribution in [-0.4, -0.2) is 42.3 Å². The number of methoxy groups -OCH3 is 1. The van der Waals surface area contributed by atoms with E-state index in [1.54, 1.807) is 32.0 Å². The van der Waals surface area contributed by atoms with Crippen LogP contribution < -0.4 is 14.2 Å². The summed E-state index contributed by atoms with van der Waals surface area (Å²) in [5.74, 6) is 0.575. The van der Waals surface area contributed by atoms with E-state index in [1.165, 1.54) is 12.2 Å². The molecule has 2 N–H and O–H groups in total. The summed E-state index contributed by atoms with van der Waals surface area (Å²) in [6, 6.07) is 5.56. The molecule has 0 bridgehead atoms. The highest BCUT2D eigenvalue weighted by Gasteiger charge is 2.18. The molecule has 11 heteroatoms. The summed E-state index contributed by atoms with van der Waals surface area (Å²) in [7, 11) is -0.551. The van der Waals surface area contributed by atoms with Crippen molar-refractivity contribution in [3.05, 3.63) is 46.8 Å². The first kappa shape index (κ1) is 23.8. The van der Waals surface area contributed by atoms with E-state index in [9.17, 15) is 13.2 Å². The van der Waals surface area contributed by atoms with Gasteiger partial charge in [-0.05, 0) is 31.6 Å². The quantitative estimate of drug-likeness (QED) is 0.362. The maximum Gasteiger partial charge on any atom is 0.301 e. The van der Waals surface area contributed by atoms with Gasteiger partial charge in [0.1, 0.15) is 11.6 Å². The molecule has 1 amide bonds. The largest absolute Gasteiger partial charge is 0.497 e. The lowest BCUT2D eigenvalue weighted by atomic mass is 10.2. The normalized spacial score (nSPS) is 12.0. The number of benzene rings is 1. The monoisotopic (exact) mass is 479 g/mol. The van der Waals surface area contributed by atoms with E-state index >= 15 is 0 Å². The molecule has 0 aliphatic heterocycles. The minimum absolute atomic E-state index is 0.264. The molecule has 0 saturated carbocycles. The summed E-state index contributed by atoms with van der Waals surface area (Å²) in [6.45, 7) is 4.01. The number of amides is 1. The number of carbonyl (C=O) groups excluding carboxylic acids is 1. The lowest BCUT2D eigenvalue weighted by Crippen LogP contribution is -2.39. The summed E-state index contributed by atoms with van der Waals surface area (Å²) in [5.41, 5.74) is 2.12. The number of hydrogen-bond acceptors (Lipinski definition) is 5. The third kappa shape index (κ3) is 5.14. The summed E-state index contributed by atoms with van der Waals surface area (Å²) in [4.78, 5) is 12.2. The van der Waals surface area contributed by atoms with E-state index in [0.717, 1.165) is 17.3 Å². The first-order valence-corrected chi connectivity index (χ1v) is 11.9. The Morgan fingerprint density at radius 1 is 1.34 bits per heavy atom. The Morgan fingerprint density at radius 2 is 2.09 bits per heavy atom. The van der Waals surface area contributed by atoms with Gasteiger partial charge in [-0.1, -0.05) is 24.9 Å². The molecular weight excluding hydrogens is 454 g/mol. The zero-order valence-corrected chi connectivity index (χ0v) is 19.9. The topological polar surface area (TPSA) is 107 Å². The van der Waals surface area contributed by atoms with Crippen molar-refractivity contribution in [1.82, 2.24) is 23.8 Å². The van der Waals surface area contributed by atoms with Crippen LogP contribution in [0.15, 0.2) is 30.5 Å². The predicted octanol–water partition coefficient (Wildman–Crippen LogP) is 3.10. The second kappa shape index (κ2) is 9.76. The molecule has 3 aromatic rings. The first-order chi connectivity index (χ1) is 15.2. The fraction of sp³-hybridized carbons (Fsp3) is 0.333. The number of hydrogen-bond donors (Lipinski definition) is 2. The molecule has 32 heavy (non-hydrogen) atoms. The standard InChI is InChI=1S/C21H26ClN5O4S/c1-5-6-11-23-32(29,30)25-20(28)10-9-16-14(2)24-26(3)21(16)27-13-18(22)17-8-7-15(31-4)12-19(17)27/h7-10,12-13,23H,5-6,11H2,1-4H3,(H,25,28)/b10-9+. The van der Waals surface area contributed by atoms with Crippen molar-refractivity contribution < 1.29 is 17.9 Å². The molecule has 2 heterocycles. The van der Waals surface area contributed by atoms with Gasteiger partial charge in [0.15, 0.2) is 0 Å². The molecule has 2 aromatic heterocycles. The fourth-order valence-electron chi connectivity index (χ4n) is 3.36. The van der Waals surface area contributed by atoms with Crippen LogP contribution in [0.25, 0.3) is 22.8 Å². The smallest absolute Gasteiger partial charge is 0.301 e. The maximum atomic E-state index is 12.2. The van der Waals surface area contributed by atoms with Crippen molar-refractivity contribution in [1.29, 1.82) is 0 Å². The predicted molar refractivity (Wildman–Crippen MR) is 125 cm³/mol. The molecule has 0 radical (unpaired) electrons. The van der Waals surface area contributed by atoms with Gasteiger partial charge in [0, 0.05) is 42.9 Å². The SMILES string of the molecule is CCCCNS(=O)(=O)NC(=O)/C=C/c1c(C)nn(C)c1-n1cc(Cl)c2ccc(OC)cc21. The number of rotatable bonds is 9. The van der Waals surface area contributed by atoms with E-state index in [0.29, 0.717) is 34.3 Å². The van der Waals surface area contributed by atoms with E-state index in [-0.39, 0.29) is 6.54 Å². The minimum Gasteiger partial charge on any atom is -0.497 e. The molecule has 0 saturated heterocycles. The Labute approximate surface area is 192 Å². The van der Waals surface area contributed by atoms with Gasteiger partial charge in [0.25, 0.3) is 5.91 Å². The highest BCUT2D eigenvalue weighted by molar-refractivity contribution is 7.88. The molecule has 0 atom stereocenters. The van der Waals surface area contributed by atoms with Gasteiger partial charge in [0.2, 0.25) is 0 Å². The van der Waals surface area contributed by atoms with E-state index in [1.807, 2.05) is 34.4 Å². The van der Waals surface area contributed by atoms with Gasteiger partial charge in [0.05, 0.1) is 23.3 Å². The fourth-order valence-corrected chi connectivity index (χ4v) is 4.43. The third-order valence-corrected chi connectivity index (χ3v) is 6.24. The summed E-state index contributed by atoms with van der Waals surface area (Å²) in [6.07, 6.45) is 5.99. The summed E-state index contributed by atoms with van der Waals surface area (Å²) >= 11 is 6.44. The van der Waals surface area contributed by atoms with Crippen LogP contribution in [0.5, 0.6) is 5.75 Å². The second-order valence-electron chi connectivity index (χ2n) is 7.23. The van der Waals surface area contributed by atoms with Crippen LogP contribution in [0.1, 0.15) is 31.0 Å². The average molecular weight is 480 g/mol. The summed E-state index contributed by atoms with van der Waals surface area (Å²) in [5, 5.41) is 5.85. The number of fused-ring (bicyclic) bond motifs is 1. The Balaban J connectivity index is 1.95. The highest BCUT2D eigenvalue weighted by atomic mass is 35.5. The number of unbranched alkanes of at least 4 members (excludes halogenated alkanes) is 1. The Morgan fingerprint density at radius 3 is 2.78 bits per heavy atom. The van der Waals surface area contributed by atoms with E-state index in [2.05, 4.69) is 9.82 Å². The average Bonchev–Trinajstić information content (AvgIpc) is 3.20. The summed E-state index contributed by atoms with van der Waals surface area (Å²) < 4.78 is 37.1. The lowest BCUT2D eigenvalue weighted by Gasteiger charge is -2.09. The number of aryl methyl sites for hydroxylation is 2. The molecule has 1 aromatic carbocycles. The number of nitrogens with zero attached hydrogens (tertiary/aromatic N) is 3. The Bertz CT molecular complexity index is 1280. The molecule has 0 aliphatic rings. The van der Waals surface area contributed by atoms with E-state index in [4.69, 9.17) is 16.3 Å². The molecule has 0 aliphatic carbocycles. The number of ether oxygens (including phenoxy) is 1. The Kier molecular flexibility index (Phi) is 7.27. The van der Waals surface area contributed by atoms with Crippen molar-refractivity contribution >= 4 is 44.7 Å². The van der Waals surface area contributed by atoms with Crippen LogP contribution >= 0.6 is 11.6 Å². The van der Waals surface area contributed by atoms with Gasteiger partial charge >= 0.3 is 10.2 Å². The van der Waals surface area contributed by atoms with Crippen molar-refractivity contribution in [2.75, 3.05) is 13.7 Å². The van der Waals surface area contributed by atoms with Crippen LogP contribution in [-0.2, 0) is 22.1 Å². The highest BCUT2D eigenvalue weighted by Crippen LogP contribution is 2.33. The van der Waals surface area contributed by atoms with Crippen LogP contribution in [0.2, 0.25) is 5.02 Å². The van der Waals surface area contributed by atoms with Crippen molar-refractivity contribution in [2.24, 2.45) is 7.05 Å².